The lowest BCUT2D eigenvalue weighted by Crippen LogP contribution is -2.44. The molecule has 1 rings (SSSR count). The van der Waals surface area contributed by atoms with Crippen molar-refractivity contribution in [3.63, 3.8) is 0 Å². The molecule has 0 N–H and O–H groups in total. The van der Waals surface area contributed by atoms with E-state index in [1.54, 1.807) is 0 Å². The molecule has 1 fully saturated rings. The Morgan fingerprint density at radius 3 is 2.50 bits per heavy atom. The number of hydrogen-bond donors (Lipinski definition) is 0. The van der Waals surface area contributed by atoms with Gasteiger partial charge >= 0.3 is 0 Å². The van der Waals surface area contributed by atoms with Crippen molar-refractivity contribution in [3.8, 4) is 0 Å². The van der Waals surface area contributed by atoms with Crippen LogP contribution in [0.15, 0.2) is 0 Å². The molecule has 1 nitrogen and oxygen atoms in total. The minimum absolute atomic E-state index is 0.385. The third-order valence-corrected chi connectivity index (χ3v) is 2.86. The summed E-state index contributed by atoms with van der Waals surface area (Å²) in [6.07, 6.45) is 5.54. The molecule has 72 valence electrons. The molecule has 0 amide bonds. The lowest BCUT2D eigenvalue weighted by Gasteiger charge is -2.37. The van der Waals surface area contributed by atoms with E-state index in [1.807, 2.05) is 0 Å². The van der Waals surface area contributed by atoms with E-state index in [0.29, 0.717) is 5.54 Å². The quantitative estimate of drug-likeness (QED) is 0.614. The third-order valence-electron chi connectivity index (χ3n) is 2.86. The van der Waals surface area contributed by atoms with Crippen LogP contribution in [-0.4, -0.2) is 23.0 Å². The lowest BCUT2D eigenvalue weighted by molar-refractivity contribution is 0.116. The minimum Gasteiger partial charge on any atom is -0.296 e. The van der Waals surface area contributed by atoms with E-state index in [-0.39, 0.29) is 0 Å². The third kappa shape index (κ3) is 2.22. The number of nitrogens with zero attached hydrogens (tertiary/aromatic N) is 1. The summed E-state index contributed by atoms with van der Waals surface area (Å²) in [6, 6.07) is 0.870. The average Bonchev–Trinajstić information content (AvgIpc) is 2.34. The van der Waals surface area contributed by atoms with E-state index in [2.05, 4.69) is 32.6 Å². The van der Waals surface area contributed by atoms with Gasteiger partial charge in [0.2, 0.25) is 0 Å². The summed E-state index contributed by atoms with van der Waals surface area (Å²) in [5.41, 5.74) is 0.385. The monoisotopic (exact) mass is 169 g/mol. The Kier molecular flexibility index (Phi) is 3.16. The van der Waals surface area contributed by atoms with Gasteiger partial charge in [-0.15, -0.1) is 0 Å². The Hall–Kier alpha value is -0.0400. The van der Waals surface area contributed by atoms with E-state index in [0.717, 1.165) is 6.04 Å². The van der Waals surface area contributed by atoms with Crippen LogP contribution in [0.5, 0.6) is 0 Å². The van der Waals surface area contributed by atoms with Gasteiger partial charge in [-0.3, -0.25) is 4.90 Å². The van der Waals surface area contributed by atoms with E-state index < -0.39 is 0 Å². The lowest BCUT2D eigenvalue weighted by atomic mass is 10.0. The zero-order valence-electron chi connectivity index (χ0n) is 9.06. The SMILES string of the molecule is CCC[C@H]1CCCN1C(C)(C)C. The number of rotatable bonds is 2. The summed E-state index contributed by atoms with van der Waals surface area (Å²) >= 11 is 0. The Morgan fingerprint density at radius 2 is 2.00 bits per heavy atom. The van der Waals surface area contributed by atoms with Gasteiger partial charge in [0.25, 0.3) is 0 Å². The van der Waals surface area contributed by atoms with Crippen molar-refractivity contribution in [1.29, 1.82) is 0 Å². The smallest absolute Gasteiger partial charge is 0.0127 e. The average molecular weight is 169 g/mol. The second-order valence-electron chi connectivity index (χ2n) is 4.95. The molecule has 0 aliphatic carbocycles. The fourth-order valence-corrected chi connectivity index (χ4v) is 2.35. The number of likely N-dealkylation sites (tertiary alicyclic amines) is 1. The zero-order chi connectivity index (χ0) is 9.19. The highest BCUT2D eigenvalue weighted by Gasteiger charge is 2.31. The van der Waals surface area contributed by atoms with Gasteiger partial charge < -0.3 is 0 Å². The molecule has 1 atom stereocenters. The highest BCUT2D eigenvalue weighted by Crippen LogP contribution is 2.28. The van der Waals surface area contributed by atoms with Crippen molar-refractivity contribution >= 4 is 0 Å². The summed E-state index contributed by atoms with van der Waals surface area (Å²) in [5, 5.41) is 0. The van der Waals surface area contributed by atoms with Gasteiger partial charge in [-0.25, -0.2) is 0 Å². The number of hydrogen-bond acceptors (Lipinski definition) is 1. The van der Waals surface area contributed by atoms with Gasteiger partial charge in [0.15, 0.2) is 0 Å². The molecule has 0 radical (unpaired) electrons. The Bertz CT molecular complexity index is 134. The van der Waals surface area contributed by atoms with Gasteiger partial charge in [0, 0.05) is 11.6 Å². The van der Waals surface area contributed by atoms with Crippen LogP contribution >= 0.6 is 0 Å². The van der Waals surface area contributed by atoms with Gasteiger partial charge in [-0.2, -0.15) is 0 Å². The van der Waals surface area contributed by atoms with E-state index in [9.17, 15) is 0 Å². The van der Waals surface area contributed by atoms with Crippen LogP contribution in [0.3, 0.4) is 0 Å². The molecule has 1 saturated heterocycles. The molecule has 0 aromatic carbocycles. The van der Waals surface area contributed by atoms with Crippen LogP contribution in [0.1, 0.15) is 53.4 Å². The van der Waals surface area contributed by atoms with Gasteiger partial charge in [0.05, 0.1) is 0 Å². The van der Waals surface area contributed by atoms with Crippen LogP contribution in [-0.2, 0) is 0 Å². The molecule has 0 bridgehead atoms. The normalized spacial score (nSPS) is 26.5. The highest BCUT2D eigenvalue weighted by molar-refractivity contribution is 4.87. The van der Waals surface area contributed by atoms with Crippen molar-refractivity contribution in [3.05, 3.63) is 0 Å². The van der Waals surface area contributed by atoms with Crippen LogP contribution in [0.4, 0.5) is 0 Å². The van der Waals surface area contributed by atoms with Crippen molar-refractivity contribution < 1.29 is 0 Å². The van der Waals surface area contributed by atoms with Crippen molar-refractivity contribution in [2.75, 3.05) is 6.54 Å². The fourth-order valence-electron chi connectivity index (χ4n) is 2.35. The first kappa shape index (κ1) is 10.0. The molecule has 0 spiro atoms. The molecule has 0 aromatic heterocycles. The summed E-state index contributed by atoms with van der Waals surface area (Å²) in [4.78, 5) is 2.68. The standard InChI is InChI=1S/C11H23N/c1-5-7-10-8-6-9-12(10)11(2,3)4/h10H,5-9H2,1-4H3/t10-/m0/s1. The maximum atomic E-state index is 2.68. The molecule has 1 heteroatoms. The first-order valence-corrected chi connectivity index (χ1v) is 5.32. The predicted octanol–water partition coefficient (Wildman–Crippen LogP) is 3.05. The Morgan fingerprint density at radius 1 is 1.33 bits per heavy atom. The maximum Gasteiger partial charge on any atom is 0.0127 e. The molecule has 0 unspecified atom stereocenters. The summed E-state index contributed by atoms with van der Waals surface area (Å²) in [7, 11) is 0. The summed E-state index contributed by atoms with van der Waals surface area (Å²) < 4.78 is 0. The second kappa shape index (κ2) is 3.78. The van der Waals surface area contributed by atoms with Crippen molar-refractivity contribution in [1.82, 2.24) is 4.90 Å². The Labute approximate surface area is 77.1 Å². The summed E-state index contributed by atoms with van der Waals surface area (Å²) in [6.45, 7) is 10.6. The van der Waals surface area contributed by atoms with E-state index in [1.165, 1.54) is 32.2 Å². The van der Waals surface area contributed by atoms with E-state index >= 15 is 0 Å². The van der Waals surface area contributed by atoms with Crippen LogP contribution in [0.2, 0.25) is 0 Å². The minimum atomic E-state index is 0.385. The van der Waals surface area contributed by atoms with Crippen LogP contribution < -0.4 is 0 Å². The molecule has 1 aliphatic rings. The first-order valence-electron chi connectivity index (χ1n) is 5.32. The fraction of sp³-hybridized carbons (Fsp3) is 1.00. The Balaban J connectivity index is 2.52. The van der Waals surface area contributed by atoms with Gasteiger partial charge in [-0.05, 0) is 46.6 Å². The molecule has 0 aromatic rings. The molecule has 1 aliphatic heterocycles. The molecule has 0 saturated carbocycles. The topological polar surface area (TPSA) is 3.24 Å². The van der Waals surface area contributed by atoms with Crippen molar-refractivity contribution in [2.24, 2.45) is 0 Å². The first-order chi connectivity index (χ1) is 5.55. The molecule has 12 heavy (non-hydrogen) atoms. The molecule has 1 heterocycles. The second-order valence-corrected chi connectivity index (χ2v) is 4.95. The van der Waals surface area contributed by atoms with Crippen molar-refractivity contribution in [2.45, 2.75) is 65.0 Å². The van der Waals surface area contributed by atoms with Crippen LogP contribution in [0.25, 0.3) is 0 Å². The maximum absolute atomic E-state index is 2.68. The molecular formula is C11H23N. The summed E-state index contributed by atoms with van der Waals surface area (Å²) in [5.74, 6) is 0. The predicted molar refractivity (Wildman–Crippen MR) is 54.4 cm³/mol. The van der Waals surface area contributed by atoms with Gasteiger partial charge in [0.1, 0.15) is 0 Å². The van der Waals surface area contributed by atoms with E-state index in [4.69, 9.17) is 0 Å². The van der Waals surface area contributed by atoms with Gasteiger partial charge in [-0.1, -0.05) is 13.3 Å². The largest absolute Gasteiger partial charge is 0.296 e. The molecular weight excluding hydrogens is 146 g/mol. The zero-order valence-corrected chi connectivity index (χ0v) is 9.06. The highest BCUT2D eigenvalue weighted by atomic mass is 15.2. The van der Waals surface area contributed by atoms with Crippen LogP contribution in [0, 0.1) is 0 Å².